The summed E-state index contributed by atoms with van der Waals surface area (Å²) < 4.78 is 28.5. The molecule has 2 N–H and O–H groups in total. The molecule has 0 radical (unpaired) electrons. The van der Waals surface area contributed by atoms with Crippen LogP contribution in [0.25, 0.3) is 0 Å². The molecule has 0 bridgehead atoms. The van der Waals surface area contributed by atoms with E-state index >= 15 is 0 Å². The van der Waals surface area contributed by atoms with E-state index < -0.39 is 6.61 Å². The summed E-state index contributed by atoms with van der Waals surface area (Å²) in [5, 5.41) is 13.2. The maximum absolute atomic E-state index is 12.1. The lowest BCUT2D eigenvalue weighted by molar-refractivity contribution is -0.0754. The van der Waals surface area contributed by atoms with Crippen LogP contribution in [0.5, 0.6) is 5.75 Å². The van der Waals surface area contributed by atoms with Gasteiger partial charge in [0, 0.05) is 17.5 Å². The minimum absolute atomic E-state index is 0.0902. The Balaban J connectivity index is 1.94. The van der Waals surface area contributed by atoms with Gasteiger partial charge in [0.05, 0.1) is 6.10 Å². The predicted molar refractivity (Wildman–Crippen MR) is 72.8 cm³/mol. The highest BCUT2D eigenvalue weighted by Crippen LogP contribution is 2.41. The van der Waals surface area contributed by atoms with E-state index in [2.05, 4.69) is 10.1 Å². The number of hydrogen-bond acceptors (Lipinski definition) is 3. The largest absolute Gasteiger partial charge is 0.435 e. The van der Waals surface area contributed by atoms with Gasteiger partial charge in [0.25, 0.3) is 0 Å². The molecule has 5 heteroatoms. The number of nitrogens with one attached hydrogen (secondary N) is 1. The van der Waals surface area contributed by atoms with Gasteiger partial charge in [0.15, 0.2) is 0 Å². The summed E-state index contributed by atoms with van der Waals surface area (Å²) in [6.07, 6.45) is 0.471. The van der Waals surface area contributed by atoms with Crippen LogP contribution in [-0.4, -0.2) is 23.9 Å². The normalized spacial score (nSPS) is 26.1. The van der Waals surface area contributed by atoms with Crippen molar-refractivity contribution in [3.8, 4) is 5.75 Å². The summed E-state index contributed by atoms with van der Waals surface area (Å²) in [5.41, 5.74) is 0.872. The SMILES string of the molecule is CC(NC1CC(O)C1(C)C)c1ccc(OC(F)F)cc1. The first kappa shape index (κ1) is 15.2. The van der Waals surface area contributed by atoms with Crippen LogP contribution >= 0.6 is 0 Å². The van der Waals surface area contributed by atoms with E-state index in [1.807, 2.05) is 20.8 Å². The molecule has 0 saturated heterocycles. The van der Waals surface area contributed by atoms with Crippen molar-refractivity contribution < 1.29 is 18.6 Å². The van der Waals surface area contributed by atoms with Crippen molar-refractivity contribution in [1.29, 1.82) is 0 Å². The Labute approximate surface area is 117 Å². The van der Waals surface area contributed by atoms with Gasteiger partial charge >= 0.3 is 6.61 Å². The zero-order chi connectivity index (χ0) is 14.9. The van der Waals surface area contributed by atoms with Crippen LogP contribution in [0.4, 0.5) is 8.78 Å². The fourth-order valence-electron chi connectivity index (χ4n) is 2.52. The van der Waals surface area contributed by atoms with E-state index in [0.29, 0.717) is 0 Å². The molecule has 1 aromatic rings. The standard InChI is InChI=1S/C15H21F2NO2/c1-9(18-12-8-13(19)15(12,2)3)10-4-6-11(7-5-10)20-14(16)17/h4-7,9,12-14,18-19H,8H2,1-3H3. The topological polar surface area (TPSA) is 41.5 Å². The second-order valence-electron chi connectivity index (χ2n) is 5.96. The van der Waals surface area contributed by atoms with Gasteiger partial charge in [-0.1, -0.05) is 26.0 Å². The Morgan fingerprint density at radius 1 is 1.30 bits per heavy atom. The number of aliphatic hydroxyl groups excluding tert-OH is 1. The minimum atomic E-state index is -2.80. The number of ether oxygens (including phenoxy) is 1. The third-order valence-corrected chi connectivity index (χ3v) is 4.27. The molecule has 0 spiro atoms. The maximum atomic E-state index is 12.1. The van der Waals surface area contributed by atoms with E-state index in [0.717, 1.165) is 12.0 Å². The summed E-state index contributed by atoms with van der Waals surface area (Å²) in [5.74, 6) is 0.162. The molecular weight excluding hydrogens is 264 g/mol. The lowest BCUT2D eigenvalue weighted by Gasteiger charge is -2.50. The molecule has 1 aliphatic carbocycles. The van der Waals surface area contributed by atoms with Crippen molar-refractivity contribution in [3.05, 3.63) is 29.8 Å². The van der Waals surface area contributed by atoms with Gasteiger partial charge in [-0.15, -0.1) is 0 Å². The summed E-state index contributed by atoms with van der Waals surface area (Å²) in [4.78, 5) is 0. The second kappa shape index (κ2) is 5.66. The van der Waals surface area contributed by atoms with Crippen molar-refractivity contribution >= 4 is 0 Å². The molecule has 1 aliphatic rings. The zero-order valence-electron chi connectivity index (χ0n) is 11.9. The molecule has 0 aromatic heterocycles. The summed E-state index contributed by atoms with van der Waals surface area (Å²) in [7, 11) is 0. The van der Waals surface area contributed by atoms with E-state index in [1.165, 1.54) is 0 Å². The minimum Gasteiger partial charge on any atom is -0.435 e. The molecule has 1 saturated carbocycles. The van der Waals surface area contributed by atoms with Crippen molar-refractivity contribution in [2.45, 2.75) is 52.0 Å². The van der Waals surface area contributed by atoms with E-state index in [9.17, 15) is 13.9 Å². The van der Waals surface area contributed by atoms with Crippen LogP contribution in [0.1, 0.15) is 38.8 Å². The molecule has 0 heterocycles. The summed E-state index contributed by atoms with van der Waals surface area (Å²) in [6, 6.07) is 6.98. The fraction of sp³-hybridized carbons (Fsp3) is 0.600. The van der Waals surface area contributed by atoms with Gasteiger partial charge in [0.2, 0.25) is 0 Å². The van der Waals surface area contributed by atoms with Crippen LogP contribution in [0, 0.1) is 5.41 Å². The molecule has 3 atom stereocenters. The molecule has 3 nitrogen and oxygen atoms in total. The first-order valence-corrected chi connectivity index (χ1v) is 6.79. The molecule has 20 heavy (non-hydrogen) atoms. The number of halogens is 2. The molecule has 1 fully saturated rings. The Hall–Kier alpha value is -1.20. The molecule has 1 aromatic carbocycles. The number of rotatable bonds is 5. The van der Waals surface area contributed by atoms with Crippen molar-refractivity contribution in [3.63, 3.8) is 0 Å². The van der Waals surface area contributed by atoms with Crippen molar-refractivity contribution in [2.75, 3.05) is 0 Å². The molecule has 112 valence electrons. The van der Waals surface area contributed by atoms with Gasteiger partial charge in [-0.2, -0.15) is 8.78 Å². The highest BCUT2D eigenvalue weighted by molar-refractivity contribution is 5.29. The van der Waals surface area contributed by atoms with Gasteiger partial charge in [0.1, 0.15) is 5.75 Å². The van der Waals surface area contributed by atoms with Crippen LogP contribution < -0.4 is 10.1 Å². The van der Waals surface area contributed by atoms with Crippen LogP contribution in [0.3, 0.4) is 0 Å². The van der Waals surface area contributed by atoms with Gasteiger partial charge in [-0.3, -0.25) is 0 Å². The molecule has 2 rings (SSSR count). The number of aliphatic hydroxyl groups is 1. The quantitative estimate of drug-likeness (QED) is 0.873. The Morgan fingerprint density at radius 3 is 2.35 bits per heavy atom. The average molecular weight is 285 g/mol. The Bertz CT molecular complexity index is 448. The van der Waals surface area contributed by atoms with Gasteiger partial charge < -0.3 is 15.2 Å². The zero-order valence-corrected chi connectivity index (χ0v) is 11.9. The summed E-state index contributed by atoms with van der Waals surface area (Å²) >= 11 is 0. The third-order valence-electron chi connectivity index (χ3n) is 4.27. The monoisotopic (exact) mass is 285 g/mol. The number of hydrogen-bond donors (Lipinski definition) is 2. The predicted octanol–water partition coefficient (Wildman–Crippen LogP) is 3.10. The first-order valence-electron chi connectivity index (χ1n) is 6.79. The molecule has 0 amide bonds. The molecule has 3 unspecified atom stereocenters. The van der Waals surface area contributed by atoms with Gasteiger partial charge in [-0.05, 0) is 31.0 Å². The lowest BCUT2D eigenvalue weighted by atomic mass is 9.64. The number of benzene rings is 1. The third kappa shape index (κ3) is 3.10. The average Bonchev–Trinajstić information content (AvgIpc) is 2.38. The van der Waals surface area contributed by atoms with Crippen LogP contribution in [0.15, 0.2) is 24.3 Å². The molecular formula is C15H21F2NO2. The lowest BCUT2D eigenvalue weighted by Crippen LogP contribution is -2.60. The summed E-state index contributed by atoms with van der Waals surface area (Å²) in [6.45, 7) is 3.29. The van der Waals surface area contributed by atoms with Crippen molar-refractivity contribution in [1.82, 2.24) is 5.32 Å². The van der Waals surface area contributed by atoms with E-state index in [4.69, 9.17) is 0 Å². The smallest absolute Gasteiger partial charge is 0.387 e. The Morgan fingerprint density at radius 2 is 1.90 bits per heavy atom. The first-order chi connectivity index (χ1) is 9.30. The molecule has 0 aliphatic heterocycles. The number of alkyl halides is 2. The fourth-order valence-corrected chi connectivity index (χ4v) is 2.52. The van der Waals surface area contributed by atoms with E-state index in [1.54, 1.807) is 24.3 Å². The van der Waals surface area contributed by atoms with Crippen molar-refractivity contribution in [2.24, 2.45) is 5.41 Å². The highest BCUT2D eigenvalue weighted by Gasteiger charge is 2.47. The highest BCUT2D eigenvalue weighted by atomic mass is 19.3. The maximum Gasteiger partial charge on any atom is 0.387 e. The van der Waals surface area contributed by atoms with Crippen LogP contribution in [-0.2, 0) is 0 Å². The Kier molecular flexibility index (Phi) is 4.30. The van der Waals surface area contributed by atoms with Crippen LogP contribution in [0.2, 0.25) is 0 Å². The van der Waals surface area contributed by atoms with Gasteiger partial charge in [-0.25, -0.2) is 0 Å². The van der Waals surface area contributed by atoms with E-state index in [-0.39, 0.29) is 29.4 Å². The second-order valence-corrected chi connectivity index (χ2v) is 5.96.